The lowest BCUT2D eigenvalue weighted by Crippen LogP contribution is -2.45. The van der Waals surface area contributed by atoms with Crippen molar-refractivity contribution in [2.24, 2.45) is 0 Å². The van der Waals surface area contributed by atoms with Crippen molar-refractivity contribution in [2.45, 2.75) is 37.7 Å². The predicted octanol–water partition coefficient (Wildman–Crippen LogP) is 4.78. The number of nitrogens with zero attached hydrogens (tertiary/aromatic N) is 2. The van der Waals surface area contributed by atoms with Crippen molar-refractivity contribution in [1.29, 1.82) is 0 Å². The summed E-state index contributed by atoms with van der Waals surface area (Å²) in [6, 6.07) is 4.96. The van der Waals surface area contributed by atoms with Gasteiger partial charge in [0.25, 0.3) is 0 Å². The highest BCUT2D eigenvalue weighted by atomic mass is 19.4. The standard InChI is InChI=1S/C20H20F3N3O3.C2HF3O2/c1-11-9-12(20(21,22)23)10-14(27)16(11)13-3-4-15-17(25-13)26-18(29-15)19(24-2)5-7-28-8-6-19;3-2(4,5)1(6)7/h3-4,9-10,24,27H,5-8H2,1-2H3;(H,6,7). The second-order valence-electron chi connectivity index (χ2n) is 7.97. The topological polar surface area (TPSA) is 118 Å². The first-order chi connectivity index (χ1) is 16.7. The number of fused-ring (bicyclic) bond motifs is 1. The minimum atomic E-state index is -5.08. The van der Waals surface area contributed by atoms with Crippen LogP contribution in [-0.2, 0) is 21.2 Å². The summed E-state index contributed by atoms with van der Waals surface area (Å²) in [6.45, 7) is 2.66. The molecule has 36 heavy (non-hydrogen) atoms. The fraction of sp³-hybridized carbons (Fsp3) is 0.409. The van der Waals surface area contributed by atoms with Gasteiger partial charge in [0.2, 0.25) is 5.89 Å². The number of nitrogens with one attached hydrogen (secondary N) is 1. The lowest BCUT2D eigenvalue weighted by Gasteiger charge is -2.33. The molecule has 1 aliphatic rings. The number of alkyl halides is 6. The van der Waals surface area contributed by atoms with Crippen molar-refractivity contribution in [3.63, 3.8) is 0 Å². The van der Waals surface area contributed by atoms with E-state index in [1.165, 1.54) is 6.92 Å². The van der Waals surface area contributed by atoms with Crippen LogP contribution in [0.3, 0.4) is 0 Å². The number of carbonyl (C=O) groups is 1. The number of phenols is 1. The average Bonchev–Trinajstić information content (AvgIpc) is 3.22. The lowest BCUT2D eigenvalue weighted by atomic mass is 9.90. The van der Waals surface area contributed by atoms with Gasteiger partial charge in [-0.25, -0.2) is 9.78 Å². The van der Waals surface area contributed by atoms with E-state index in [4.69, 9.17) is 19.1 Å². The highest BCUT2D eigenvalue weighted by molar-refractivity contribution is 5.78. The van der Waals surface area contributed by atoms with Crippen LogP contribution in [0.2, 0.25) is 0 Å². The van der Waals surface area contributed by atoms with Crippen molar-refractivity contribution >= 4 is 17.2 Å². The number of rotatable bonds is 3. The molecule has 0 amide bonds. The number of benzene rings is 1. The fourth-order valence-corrected chi connectivity index (χ4v) is 3.72. The number of carboxylic acid groups (broad SMARTS) is 1. The maximum absolute atomic E-state index is 13.0. The largest absolute Gasteiger partial charge is 0.507 e. The van der Waals surface area contributed by atoms with Crippen molar-refractivity contribution < 1.29 is 50.5 Å². The number of phenolic OH excluding ortho intramolecular Hbond substituents is 1. The van der Waals surface area contributed by atoms with Gasteiger partial charge < -0.3 is 24.7 Å². The molecule has 0 spiro atoms. The van der Waals surface area contributed by atoms with Gasteiger partial charge in [-0.1, -0.05) is 0 Å². The normalized spacial score (nSPS) is 15.9. The van der Waals surface area contributed by atoms with Gasteiger partial charge in [0.1, 0.15) is 5.75 Å². The molecule has 0 radical (unpaired) electrons. The lowest BCUT2D eigenvalue weighted by molar-refractivity contribution is -0.192. The molecule has 2 aromatic heterocycles. The van der Waals surface area contributed by atoms with Crippen molar-refractivity contribution in [3.05, 3.63) is 41.3 Å². The van der Waals surface area contributed by atoms with Crippen LogP contribution >= 0.6 is 0 Å². The maximum Gasteiger partial charge on any atom is 0.490 e. The van der Waals surface area contributed by atoms with E-state index in [2.05, 4.69) is 15.3 Å². The Morgan fingerprint density at radius 1 is 1.08 bits per heavy atom. The zero-order chi connectivity index (χ0) is 26.9. The number of ether oxygens (including phenoxy) is 1. The number of carboxylic acids is 1. The number of oxazole rings is 1. The van der Waals surface area contributed by atoms with E-state index in [9.17, 15) is 31.4 Å². The highest BCUT2D eigenvalue weighted by Crippen LogP contribution is 2.39. The van der Waals surface area contributed by atoms with Gasteiger partial charge in [-0.3, -0.25) is 0 Å². The summed E-state index contributed by atoms with van der Waals surface area (Å²) >= 11 is 0. The highest BCUT2D eigenvalue weighted by Gasteiger charge is 2.39. The van der Waals surface area contributed by atoms with Crippen LogP contribution in [0.25, 0.3) is 22.5 Å². The molecule has 0 atom stereocenters. The molecule has 3 heterocycles. The Hall–Kier alpha value is -3.39. The smallest absolute Gasteiger partial charge is 0.490 e. The SMILES string of the molecule is CNC1(c2nc3nc(-c4c(C)cc(C(F)(F)F)cc4O)ccc3o2)CCOCC1.O=C(O)C(F)(F)F. The van der Waals surface area contributed by atoms with Gasteiger partial charge in [-0.05, 0) is 56.6 Å². The zero-order valence-corrected chi connectivity index (χ0v) is 18.9. The summed E-state index contributed by atoms with van der Waals surface area (Å²) in [6.07, 6.45) is -8.23. The molecule has 8 nitrogen and oxygen atoms in total. The molecule has 0 bridgehead atoms. The molecule has 0 saturated carbocycles. The number of aryl methyl sites for hydroxylation is 1. The van der Waals surface area contributed by atoms with Crippen LogP contribution in [-0.4, -0.2) is 52.6 Å². The van der Waals surface area contributed by atoms with Crippen LogP contribution < -0.4 is 5.32 Å². The summed E-state index contributed by atoms with van der Waals surface area (Å²) in [5, 5.41) is 20.6. The molecule has 3 N–H and O–H groups in total. The summed E-state index contributed by atoms with van der Waals surface area (Å²) in [4.78, 5) is 17.9. The molecule has 1 saturated heterocycles. The van der Waals surface area contributed by atoms with Crippen LogP contribution in [0.4, 0.5) is 26.3 Å². The van der Waals surface area contributed by atoms with Gasteiger partial charge in [0.05, 0.1) is 16.8 Å². The third kappa shape index (κ3) is 5.70. The second-order valence-corrected chi connectivity index (χ2v) is 7.97. The van der Waals surface area contributed by atoms with E-state index in [0.717, 1.165) is 6.07 Å². The van der Waals surface area contributed by atoms with Crippen molar-refractivity contribution in [1.82, 2.24) is 15.3 Å². The first-order valence-corrected chi connectivity index (χ1v) is 10.4. The quantitative estimate of drug-likeness (QED) is 0.422. The molecule has 0 unspecified atom stereocenters. The van der Waals surface area contributed by atoms with Gasteiger partial charge >= 0.3 is 18.3 Å². The first kappa shape index (κ1) is 27.2. The molecule has 1 aliphatic heterocycles. The fourth-order valence-electron chi connectivity index (χ4n) is 3.72. The Morgan fingerprint density at radius 3 is 2.19 bits per heavy atom. The van der Waals surface area contributed by atoms with Crippen molar-refractivity contribution in [3.8, 4) is 17.0 Å². The van der Waals surface area contributed by atoms with Crippen LogP contribution in [0, 0.1) is 6.92 Å². The molecule has 1 fully saturated rings. The van der Waals surface area contributed by atoms with E-state index in [1.54, 1.807) is 12.1 Å². The van der Waals surface area contributed by atoms with Gasteiger partial charge in [0, 0.05) is 18.8 Å². The van der Waals surface area contributed by atoms with Gasteiger partial charge in [-0.2, -0.15) is 31.3 Å². The molecular formula is C22H21F6N3O5. The monoisotopic (exact) mass is 521 g/mol. The van der Waals surface area contributed by atoms with E-state index in [1.807, 2.05) is 7.05 Å². The van der Waals surface area contributed by atoms with Crippen LogP contribution in [0.1, 0.15) is 29.9 Å². The zero-order valence-electron chi connectivity index (χ0n) is 18.9. The maximum atomic E-state index is 13.0. The van der Waals surface area contributed by atoms with Gasteiger partial charge in [0.15, 0.2) is 11.2 Å². The Kier molecular flexibility index (Phi) is 7.50. The first-order valence-electron chi connectivity index (χ1n) is 10.4. The van der Waals surface area contributed by atoms with Crippen molar-refractivity contribution in [2.75, 3.05) is 20.3 Å². The number of hydrogen-bond donors (Lipinski definition) is 3. The molecule has 3 aromatic rings. The second kappa shape index (κ2) is 9.93. The van der Waals surface area contributed by atoms with Gasteiger partial charge in [-0.15, -0.1) is 0 Å². The Morgan fingerprint density at radius 2 is 1.69 bits per heavy atom. The van der Waals surface area contributed by atoms with Crippen LogP contribution in [0.5, 0.6) is 5.75 Å². The Bertz CT molecular complexity index is 1230. The summed E-state index contributed by atoms with van der Waals surface area (Å²) < 4.78 is 82.0. The molecular weight excluding hydrogens is 500 g/mol. The van der Waals surface area contributed by atoms with E-state index < -0.39 is 35.2 Å². The van der Waals surface area contributed by atoms with E-state index in [-0.39, 0.29) is 11.1 Å². The number of halogens is 6. The third-order valence-electron chi connectivity index (χ3n) is 5.63. The molecule has 4 rings (SSSR count). The molecule has 14 heteroatoms. The van der Waals surface area contributed by atoms with E-state index >= 15 is 0 Å². The number of aromatic nitrogens is 2. The Labute approximate surface area is 199 Å². The number of pyridine rings is 1. The summed E-state index contributed by atoms with van der Waals surface area (Å²) in [5.74, 6) is -2.74. The third-order valence-corrected chi connectivity index (χ3v) is 5.63. The van der Waals surface area contributed by atoms with Crippen LogP contribution in [0.15, 0.2) is 28.7 Å². The summed E-state index contributed by atoms with van der Waals surface area (Å²) in [5.41, 5.74) is 0.267. The number of aliphatic carboxylic acids is 1. The predicted molar refractivity (Wildman–Crippen MR) is 113 cm³/mol. The molecule has 196 valence electrons. The minimum absolute atomic E-state index is 0.235. The average molecular weight is 521 g/mol. The Balaban J connectivity index is 0.000000454. The number of hydrogen-bond acceptors (Lipinski definition) is 7. The summed E-state index contributed by atoms with van der Waals surface area (Å²) in [7, 11) is 1.84. The molecule has 0 aliphatic carbocycles. The number of aromatic hydroxyl groups is 1. The van der Waals surface area contributed by atoms with E-state index in [0.29, 0.717) is 54.9 Å². The molecule has 1 aromatic carbocycles. The minimum Gasteiger partial charge on any atom is -0.507 e.